The molecule has 2 aromatic rings. The molecule has 32 heavy (non-hydrogen) atoms. The Bertz CT molecular complexity index is 1200. The first-order valence-corrected chi connectivity index (χ1v) is 11.8. The van der Waals surface area contributed by atoms with Crippen molar-refractivity contribution >= 4 is 57.7 Å². The summed E-state index contributed by atoms with van der Waals surface area (Å²) in [5.74, 6) is -0.146. The SMILES string of the molecule is CCCN1C(=O)/C(=C/c2c(N3CCC(C(N)=O)CC3)nc3ccc(C)cn3c2=O)SC1=S. The molecule has 8 nitrogen and oxygen atoms in total. The van der Waals surface area contributed by atoms with Crippen LogP contribution < -0.4 is 16.2 Å². The zero-order chi connectivity index (χ0) is 23.0. The molecule has 2 fully saturated rings. The van der Waals surface area contributed by atoms with Crippen molar-refractivity contribution in [2.24, 2.45) is 11.7 Å². The Balaban J connectivity index is 1.81. The van der Waals surface area contributed by atoms with E-state index >= 15 is 0 Å². The van der Waals surface area contributed by atoms with Crippen LogP contribution in [0.2, 0.25) is 0 Å². The third kappa shape index (κ3) is 4.16. The summed E-state index contributed by atoms with van der Waals surface area (Å²) in [6, 6.07) is 3.71. The van der Waals surface area contributed by atoms with Crippen LogP contribution in [-0.4, -0.2) is 50.1 Å². The molecule has 0 aromatic carbocycles. The van der Waals surface area contributed by atoms with Gasteiger partial charge in [0.05, 0.1) is 10.5 Å². The fourth-order valence-corrected chi connectivity index (χ4v) is 5.33. The molecule has 2 aliphatic rings. The third-order valence-electron chi connectivity index (χ3n) is 5.78. The Morgan fingerprint density at radius 3 is 2.69 bits per heavy atom. The normalized spacial score (nSPS) is 18.9. The Hall–Kier alpha value is -2.72. The van der Waals surface area contributed by atoms with Crippen molar-refractivity contribution in [3.8, 4) is 0 Å². The van der Waals surface area contributed by atoms with Crippen LogP contribution >= 0.6 is 24.0 Å². The highest BCUT2D eigenvalue weighted by atomic mass is 32.2. The van der Waals surface area contributed by atoms with Crippen molar-refractivity contribution in [3.63, 3.8) is 0 Å². The first-order valence-electron chi connectivity index (χ1n) is 10.6. The maximum absolute atomic E-state index is 13.5. The van der Waals surface area contributed by atoms with Crippen LogP contribution in [0.25, 0.3) is 11.7 Å². The van der Waals surface area contributed by atoms with Gasteiger partial charge in [0.1, 0.15) is 15.8 Å². The molecule has 2 amide bonds. The zero-order valence-corrected chi connectivity index (χ0v) is 19.7. The van der Waals surface area contributed by atoms with E-state index in [0.29, 0.717) is 58.7 Å². The lowest BCUT2D eigenvalue weighted by molar-refractivity contribution is -0.123. The lowest BCUT2D eigenvalue weighted by Crippen LogP contribution is -2.40. The molecule has 4 rings (SSSR count). The van der Waals surface area contributed by atoms with E-state index in [0.717, 1.165) is 12.0 Å². The third-order valence-corrected chi connectivity index (χ3v) is 7.16. The van der Waals surface area contributed by atoms with Crippen molar-refractivity contribution in [1.82, 2.24) is 14.3 Å². The van der Waals surface area contributed by atoms with Gasteiger partial charge in [-0.05, 0) is 43.9 Å². The highest BCUT2D eigenvalue weighted by molar-refractivity contribution is 8.26. The van der Waals surface area contributed by atoms with Gasteiger partial charge in [-0.2, -0.15) is 0 Å². The molecule has 10 heteroatoms. The molecule has 0 unspecified atom stereocenters. The molecule has 0 spiro atoms. The zero-order valence-electron chi connectivity index (χ0n) is 18.0. The van der Waals surface area contributed by atoms with E-state index < -0.39 is 0 Å². The molecule has 0 radical (unpaired) electrons. The number of thiocarbonyl (C=S) groups is 1. The van der Waals surface area contributed by atoms with Gasteiger partial charge in [0.15, 0.2) is 0 Å². The molecule has 2 N–H and O–H groups in total. The average Bonchev–Trinajstić information content (AvgIpc) is 3.03. The summed E-state index contributed by atoms with van der Waals surface area (Å²) in [5, 5.41) is 0. The number of amides is 2. The Morgan fingerprint density at radius 2 is 2.03 bits per heavy atom. The van der Waals surface area contributed by atoms with Crippen molar-refractivity contribution in [3.05, 3.63) is 44.7 Å². The molecule has 2 aromatic heterocycles. The number of carbonyl (C=O) groups excluding carboxylic acids is 2. The summed E-state index contributed by atoms with van der Waals surface area (Å²) in [7, 11) is 0. The van der Waals surface area contributed by atoms with E-state index in [-0.39, 0.29) is 23.3 Å². The summed E-state index contributed by atoms with van der Waals surface area (Å²) in [5.41, 5.74) is 7.04. The molecule has 0 bridgehead atoms. The number of hydrogen-bond acceptors (Lipinski definition) is 7. The number of primary amides is 1. The number of nitrogens with two attached hydrogens (primary N) is 1. The quantitative estimate of drug-likeness (QED) is 0.527. The van der Waals surface area contributed by atoms with Crippen molar-refractivity contribution in [2.75, 3.05) is 24.5 Å². The van der Waals surface area contributed by atoms with Crippen LogP contribution in [0, 0.1) is 12.8 Å². The average molecular weight is 472 g/mol. The van der Waals surface area contributed by atoms with Gasteiger partial charge >= 0.3 is 0 Å². The Labute approximate surface area is 195 Å². The van der Waals surface area contributed by atoms with Crippen LogP contribution in [0.15, 0.2) is 28.0 Å². The number of carbonyl (C=O) groups is 2. The summed E-state index contributed by atoms with van der Waals surface area (Å²) in [6.45, 7) is 5.55. The highest BCUT2D eigenvalue weighted by Gasteiger charge is 2.33. The van der Waals surface area contributed by atoms with Gasteiger partial charge in [-0.15, -0.1) is 0 Å². The van der Waals surface area contributed by atoms with Crippen LogP contribution in [0.1, 0.15) is 37.3 Å². The van der Waals surface area contributed by atoms with Crippen molar-refractivity contribution in [1.29, 1.82) is 0 Å². The van der Waals surface area contributed by atoms with Gasteiger partial charge in [0, 0.05) is 31.7 Å². The van der Waals surface area contributed by atoms with Crippen LogP contribution in [-0.2, 0) is 9.59 Å². The number of aromatic nitrogens is 2. The topological polar surface area (TPSA) is 101 Å². The van der Waals surface area contributed by atoms with Gasteiger partial charge < -0.3 is 10.6 Å². The minimum absolute atomic E-state index is 0.177. The first kappa shape index (κ1) is 22.5. The van der Waals surface area contributed by atoms with Crippen molar-refractivity contribution in [2.45, 2.75) is 33.1 Å². The number of hydrogen-bond donors (Lipinski definition) is 1. The number of aryl methyl sites for hydroxylation is 1. The number of pyridine rings is 1. The fraction of sp³-hybridized carbons (Fsp3) is 0.409. The van der Waals surface area contributed by atoms with Gasteiger partial charge in [-0.25, -0.2) is 4.98 Å². The Kier molecular flexibility index (Phi) is 6.34. The molecule has 0 aliphatic carbocycles. The number of piperidine rings is 1. The summed E-state index contributed by atoms with van der Waals surface area (Å²) >= 11 is 6.58. The van der Waals surface area contributed by atoms with E-state index in [9.17, 15) is 14.4 Å². The molecule has 2 saturated heterocycles. The summed E-state index contributed by atoms with van der Waals surface area (Å²) in [6.07, 6.45) is 5.35. The van der Waals surface area contributed by atoms with E-state index in [1.165, 1.54) is 16.2 Å². The predicted octanol–water partition coefficient (Wildman–Crippen LogP) is 2.32. The van der Waals surface area contributed by atoms with Crippen LogP contribution in [0.4, 0.5) is 5.82 Å². The lowest BCUT2D eigenvalue weighted by Gasteiger charge is -2.32. The number of thioether (sulfide) groups is 1. The fourth-order valence-electron chi connectivity index (χ4n) is 4.04. The molecule has 2 aliphatic heterocycles. The van der Waals surface area contributed by atoms with Gasteiger partial charge in [0.2, 0.25) is 5.91 Å². The minimum atomic E-state index is -0.300. The minimum Gasteiger partial charge on any atom is -0.369 e. The molecule has 4 heterocycles. The second kappa shape index (κ2) is 9.03. The molecular weight excluding hydrogens is 446 g/mol. The monoisotopic (exact) mass is 471 g/mol. The van der Waals surface area contributed by atoms with E-state index in [1.807, 2.05) is 24.8 Å². The van der Waals surface area contributed by atoms with E-state index in [2.05, 4.69) is 0 Å². The van der Waals surface area contributed by atoms with Crippen LogP contribution in [0.3, 0.4) is 0 Å². The number of anilines is 1. The lowest BCUT2D eigenvalue weighted by atomic mass is 9.96. The molecule has 0 atom stereocenters. The second-order valence-electron chi connectivity index (χ2n) is 8.09. The molecule has 0 saturated carbocycles. The predicted molar refractivity (Wildman–Crippen MR) is 131 cm³/mol. The maximum atomic E-state index is 13.5. The van der Waals surface area contributed by atoms with Gasteiger partial charge in [0.25, 0.3) is 11.5 Å². The highest BCUT2D eigenvalue weighted by Crippen LogP contribution is 2.34. The second-order valence-corrected chi connectivity index (χ2v) is 9.76. The first-order chi connectivity index (χ1) is 15.3. The van der Waals surface area contributed by atoms with E-state index in [1.54, 1.807) is 23.2 Å². The summed E-state index contributed by atoms with van der Waals surface area (Å²) in [4.78, 5) is 46.7. The maximum Gasteiger partial charge on any atom is 0.267 e. The largest absolute Gasteiger partial charge is 0.369 e. The molecule has 168 valence electrons. The Morgan fingerprint density at radius 1 is 1.31 bits per heavy atom. The van der Waals surface area contributed by atoms with Crippen LogP contribution in [0.5, 0.6) is 0 Å². The number of rotatable bonds is 5. The number of nitrogens with zero attached hydrogens (tertiary/aromatic N) is 4. The summed E-state index contributed by atoms with van der Waals surface area (Å²) < 4.78 is 2.00. The van der Waals surface area contributed by atoms with Crippen molar-refractivity contribution < 1.29 is 9.59 Å². The number of fused-ring (bicyclic) bond motifs is 1. The van der Waals surface area contributed by atoms with Gasteiger partial charge in [-0.3, -0.25) is 23.7 Å². The smallest absolute Gasteiger partial charge is 0.267 e. The van der Waals surface area contributed by atoms with E-state index in [4.69, 9.17) is 22.9 Å². The standard InChI is InChI=1S/C22H25N5O3S2/c1-3-8-26-21(30)16(32-22(26)31)11-15-19(25-9-6-14(7-10-25)18(23)28)24-17-5-4-13(2)12-27(17)20(15)29/h4-5,11-12,14H,3,6-10H2,1-2H3,(H2,23,28)/b16-11-. The molecular formula is C22H25N5O3S2. The van der Waals surface area contributed by atoms with Gasteiger partial charge in [-0.1, -0.05) is 37.0 Å².